The molecule has 1 aromatic carbocycles. The van der Waals surface area contributed by atoms with Gasteiger partial charge < -0.3 is 4.90 Å². The van der Waals surface area contributed by atoms with Crippen LogP contribution in [0.25, 0.3) is 0 Å². The zero-order valence-electron chi connectivity index (χ0n) is 12.9. The molecule has 0 atom stereocenters. The van der Waals surface area contributed by atoms with Crippen molar-refractivity contribution >= 4 is 17.5 Å². The summed E-state index contributed by atoms with van der Waals surface area (Å²) in [5, 5.41) is 3.98. The third kappa shape index (κ3) is 5.77. The first-order valence-electron chi connectivity index (χ1n) is 7.24. The van der Waals surface area contributed by atoms with E-state index in [1.54, 1.807) is 0 Å². The van der Waals surface area contributed by atoms with E-state index in [1.165, 1.54) is 10.5 Å². The summed E-state index contributed by atoms with van der Waals surface area (Å²) in [6.45, 7) is 6.54. The second-order valence-corrected chi connectivity index (χ2v) is 4.75. The van der Waals surface area contributed by atoms with Crippen molar-refractivity contribution in [3.63, 3.8) is 0 Å². The molecule has 1 N–H and O–H groups in total. The van der Waals surface area contributed by atoms with Gasteiger partial charge in [0.15, 0.2) is 0 Å². The van der Waals surface area contributed by atoms with Crippen LogP contribution >= 0.6 is 0 Å². The maximum atomic E-state index is 11.7. The lowest BCUT2D eigenvalue weighted by atomic mass is 10.1. The Kier molecular flexibility index (Phi) is 7.15. The van der Waals surface area contributed by atoms with Gasteiger partial charge in [0.1, 0.15) is 0 Å². The van der Waals surface area contributed by atoms with Crippen molar-refractivity contribution in [2.75, 3.05) is 13.1 Å². The Hall–Kier alpha value is -2.17. The van der Waals surface area contributed by atoms with Crippen molar-refractivity contribution in [2.24, 2.45) is 5.10 Å². The lowest BCUT2D eigenvalue weighted by Gasteiger charge is -2.16. The van der Waals surface area contributed by atoms with Crippen LogP contribution in [0.2, 0.25) is 0 Å². The van der Waals surface area contributed by atoms with Crippen molar-refractivity contribution in [2.45, 2.75) is 33.6 Å². The molecule has 0 saturated heterocycles. The number of likely N-dealkylation sites (N-methyl/N-ethyl adjacent to an activating group) is 1. The van der Waals surface area contributed by atoms with Crippen LogP contribution in [0.1, 0.15) is 32.8 Å². The number of nitrogens with zero attached hydrogens (tertiary/aromatic N) is 2. The first kappa shape index (κ1) is 16.9. The molecule has 5 nitrogen and oxygen atoms in total. The van der Waals surface area contributed by atoms with Crippen molar-refractivity contribution in [3.8, 4) is 0 Å². The second-order valence-electron chi connectivity index (χ2n) is 4.75. The summed E-state index contributed by atoms with van der Waals surface area (Å²) < 4.78 is 0. The van der Waals surface area contributed by atoms with Crippen LogP contribution in [0.3, 0.4) is 0 Å². The third-order valence-corrected chi connectivity index (χ3v) is 3.21. The molecule has 0 aliphatic carbocycles. The Morgan fingerprint density at radius 2 is 1.76 bits per heavy atom. The van der Waals surface area contributed by atoms with Crippen molar-refractivity contribution in [1.82, 2.24) is 10.3 Å². The molecule has 0 saturated carbocycles. The van der Waals surface area contributed by atoms with Crippen LogP contribution in [-0.2, 0) is 16.0 Å². The number of aryl methyl sites for hydroxylation is 1. The Morgan fingerprint density at radius 1 is 1.14 bits per heavy atom. The molecule has 2 amide bonds. The number of nitrogens with one attached hydrogen (secondary N) is 1. The summed E-state index contributed by atoms with van der Waals surface area (Å²) in [6.07, 6.45) is 1.60. The average molecular weight is 289 g/mol. The van der Waals surface area contributed by atoms with Gasteiger partial charge in [-0.25, -0.2) is 5.43 Å². The van der Waals surface area contributed by atoms with Gasteiger partial charge in [0, 0.05) is 18.8 Å². The minimum Gasteiger partial charge on any atom is -0.335 e. The fourth-order valence-electron chi connectivity index (χ4n) is 1.87. The molecular weight excluding hydrogens is 266 g/mol. The number of carbonyl (C=O) groups excluding carboxylic acids is 2. The van der Waals surface area contributed by atoms with Gasteiger partial charge in [0.05, 0.1) is 0 Å². The third-order valence-electron chi connectivity index (χ3n) is 3.21. The number of rotatable bonds is 6. The molecule has 21 heavy (non-hydrogen) atoms. The van der Waals surface area contributed by atoms with Crippen molar-refractivity contribution in [3.05, 3.63) is 35.9 Å². The van der Waals surface area contributed by atoms with Crippen LogP contribution in [0.4, 0.5) is 0 Å². The van der Waals surface area contributed by atoms with Gasteiger partial charge in [-0.2, -0.15) is 5.10 Å². The van der Waals surface area contributed by atoms with Gasteiger partial charge in [-0.05, 0) is 39.2 Å². The van der Waals surface area contributed by atoms with Gasteiger partial charge in [0.25, 0.3) is 0 Å². The lowest BCUT2D eigenvalue weighted by Crippen LogP contribution is -2.41. The molecule has 1 rings (SSSR count). The summed E-state index contributed by atoms with van der Waals surface area (Å²) in [5.74, 6) is -1.22. The molecule has 1 aromatic rings. The van der Waals surface area contributed by atoms with E-state index in [4.69, 9.17) is 0 Å². The fourth-order valence-corrected chi connectivity index (χ4v) is 1.87. The number of carbonyl (C=O) groups is 2. The van der Waals surface area contributed by atoms with Gasteiger partial charge in [0.2, 0.25) is 0 Å². The van der Waals surface area contributed by atoms with Crippen LogP contribution in [0.5, 0.6) is 0 Å². The van der Waals surface area contributed by atoms with Gasteiger partial charge in [-0.1, -0.05) is 30.3 Å². The highest BCUT2D eigenvalue weighted by atomic mass is 16.2. The van der Waals surface area contributed by atoms with Crippen LogP contribution in [0.15, 0.2) is 35.4 Å². The van der Waals surface area contributed by atoms with Gasteiger partial charge in [-0.3, -0.25) is 9.59 Å². The Balaban J connectivity index is 2.44. The van der Waals surface area contributed by atoms with E-state index in [1.807, 2.05) is 39.0 Å². The molecule has 0 heterocycles. The topological polar surface area (TPSA) is 61.8 Å². The van der Waals surface area contributed by atoms with Crippen LogP contribution in [-0.4, -0.2) is 35.5 Å². The number of amides is 2. The number of hydrazone groups is 1. The van der Waals surface area contributed by atoms with E-state index < -0.39 is 11.8 Å². The van der Waals surface area contributed by atoms with E-state index in [0.717, 1.165) is 18.6 Å². The molecular formula is C16H23N3O2. The van der Waals surface area contributed by atoms with Gasteiger partial charge >= 0.3 is 11.8 Å². The Bertz CT molecular complexity index is 494. The predicted octanol–water partition coefficient (Wildman–Crippen LogP) is 1.98. The second kappa shape index (κ2) is 8.89. The minimum absolute atomic E-state index is 0.513. The average Bonchev–Trinajstić information content (AvgIpc) is 2.52. The summed E-state index contributed by atoms with van der Waals surface area (Å²) >= 11 is 0. The quantitative estimate of drug-likeness (QED) is 0.494. The molecule has 0 bridgehead atoms. The van der Waals surface area contributed by atoms with E-state index in [9.17, 15) is 9.59 Å². The zero-order valence-corrected chi connectivity index (χ0v) is 12.9. The normalized spacial score (nSPS) is 11.1. The first-order chi connectivity index (χ1) is 10.1. The maximum Gasteiger partial charge on any atom is 0.329 e. The SMILES string of the molecule is CCN(CC)C(=O)C(=O)N/N=C(/C)CCc1ccccc1. The molecule has 0 aliphatic heterocycles. The summed E-state index contributed by atoms with van der Waals surface area (Å²) in [6, 6.07) is 10.1. The molecule has 0 aliphatic rings. The summed E-state index contributed by atoms with van der Waals surface area (Å²) in [5.41, 5.74) is 4.34. The molecule has 0 aromatic heterocycles. The minimum atomic E-state index is -0.683. The van der Waals surface area contributed by atoms with Gasteiger partial charge in [-0.15, -0.1) is 0 Å². The molecule has 114 valence electrons. The molecule has 0 radical (unpaired) electrons. The first-order valence-corrected chi connectivity index (χ1v) is 7.24. The highest BCUT2D eigenvalue weighted by molar-refractivity contribution is 6.35. The monoisotopic (exact) mass is 289 g/mol. The summed E-state index contributed by atoms with van der Waals surface area (Å²) in [4.78, 5) is 24.9. The highest BCUT2D eigenvalue weighted by Crippen LogP contribution is 2.03. The largest absolute Gasteiger partial charge is 0.335 e. The van der Waals surface area contributed by atoms with E-state index >= 15 is 0 Å². The molecule has 0 unspecified atom stereocenters. The van der Waals surface area contributed by atoms with Crippen molar-refractivity contribution in [1.29, 1.82) is 0 Å². The van der Waals surface area contributed by atoms with Crippen LogP contribution in [0, 0.1) is 0 Å². The molecule has 5 heteroatoms. The fraction of sp³-hybridized carbons (Fsp3) is 0.438. The Morgan fingerprint density at radius 3 is 2.33 bits per heavy atom. The summed E-state index contributed by atoms with van der Waals surface area (Å²) in [7, 11) is 0. The number of hydrogen-bond donors (Lipinski definition) is 1. The molecule has 0 spiro atoms. The van der Waals surface area contributed by atoms with Crippen LogP contribution < -0.4 is 5.43 Å². The standard InChI is InChI=1S/C16H23N3O2/c1-4-19(5-2)16(21)15(20)18-17-13(3)11-12-14-9-7-6-8-10-14/h6-10H,4-5,11-12H2,1-3H3,(H,18,20)/b17-13-. The van der Waals surface area contributed by atoms with E-state index in [2.05, 4.69) is 22.7 Å². The Labute approximate surface area is 126 Å². The smallest absolute Gasteiger partial charge is 0.329 e. The predicted molar refractivity (Wildman–Crippen MR) is 83.9 cm³/mol. The maximum absolute atomic E-state index is 11.7. The highest BCUT2D eigenvalue weighted by Gasteiger charge is 2.18. The number of benzene rings is 1. The van der Waals surface area contributed by atoms with Crippen molar-refractivity contribution < 1.29 is 9.59 Å². The zero-order chi connectivity index (χ0) is 15.7. The number of hydrogen-bond acceptors (Lipinski definition) is 3. The van der Waals surface area contributed by atoms with E-state index in [-0.39, 0.29) is 0 Å². The lowest BCUT2D eigenvalue weighted by molar-refractivity contribution is -0.145. The van der Waals surface area contributed by atoms with E-state index in [0.29, 0.717) is 13.1 Å². The molecule has 0 fully saturated rings.